The standard InChI is InChI=1S/C23H28ClFN2O2S/c1-4-21(23(29)26-5-2)27(13-17-10-7-6-9-16(17)3)22(28)15-30-14-18-19(24)11-8-12-20(18)25/h6-12,21H,4-5,13-15H2,1-3H3,(H,26,29)/t21-/m0/s1. The number of rotatable bonds is 10. The van der Waals surface area contributed by atoms with E-state index in [1.54, 1.807) is 17.0 Å². The molecule has 0 radical (unpaired) electrons. The van der Waals surface area contributed by atoms with Crippen LogP contribution in [-0.4, -0.2) is 35.1 Å². The SMILES string of the molecule is CCNC(=O)[C@H](CC)N(Cc1ccccc1C)C(=O)CSCc1c(F)cccc1Cl. The zero-order chi connectivity index (χ0) is 22.1. The number of halogens is 2. The predicted molar refractivity (Wildman–Crippen MR) is 122 cm³/mol. The Morgan fingerprint density at radius 3 is 2.53 bits per heavy atom. The molecule has 0 aliphatic heterocycles. The summed E-state index contributed by atoms with van der Waals surface area (Å²) in [4.78, 5) is 27.4. The van der Waals surface area contributed by atoms with E-state index in [0.29, 0.717) is 30.1 Å². The normalized spacial score (nSPS) is 11.8. The van der Waals surface area contributed by atoms with Gasteiger partial charge in [0.2, 0.25) is 11.8 Å². The Morgan fingerprint density at radius 1 is 1.17 bits per heavy atom. The van der Waals surface area contributed by atoms with Gasteiger partial charge in [-0.1, -0.05) is 48.9 Å². The average Bonchev–Trinajstić information content (AvgIpc) is 2.71. The molecule has 2 aromatic rings. The molecule has 1 N–H and O–H groups in total. The lowest BCUT2D eigenvalue weighted by atomic mass is 10.1. The number of benzene rings is 2. The van der Waals surface area contributed by atoms with Crippen LogP contribution >= 0.6 is 23.4 Å². The van der Waals surface area contributed by atoms with E-state index in [4.69, 9.17) is 11.6 Å². The van der Waals surface area contributed by atoms with Crippen molar-refractivity contribution in [3.63, 3.8) is 0 Å². The first-order chi connectivity index (χ1) is 14.4. The van der Waals surface area contributed by atoms with Crippen LogP contribution in [0.25, 0.3) is 0 Å². The van der Waals surface area contributed by atoms with Crippen molar-refractivity contribution in [2.75, 3.05) is 12.3 Å². The smallest absolute Gasteiger partial charge is 0.242 e. The molecule has 0 saturated carbocycles. The highest BCUT2D eigenvalue weighted by Crippen LogP contribution is 2.25. The van der Waals surface area contributed by atoms with Crippen LogP contribution in [0, 0.1) is 12.7 Å². The number of hydrogen-bond donors (Lipinski definition) is 1. The maximum Gasteiger partial charge on any atom is 0.242 e. The van der Waals surface area contributed by atoms with Crippen LogP contribution in [0.15, 0.2) is 42.5 Å². The molecule has 0 saturated heterocycles. The number of thioether (sulfide) groups is 1. The molecular weight excluding hydrogens is 423 g/mol. The van der Waals surface area contributed by atoms with Gasteiger partial charge in [0.05, 0.1) is 5.75 Å². The van der Waals surface area contributed by atoms with Gasteiger partial charge < -0.3 is 10.2 Å². The highest BCUT2D eigenvalue weighted by molar-refractivity contribution is 7.99. The Labute approximate surface area is 187 Å². The molecule has 0 aliphatic rings. The van der Waals surface area contributed by atoms with Crippen LogP contribution in [-0.2, 0) is 21.9 Å². The van der Waals surface area contributed by atoms with Crippen LogP contribution in [0.5, 0.6) is 0 Å². The third-order valence-corrected chi connectivity index (χ3v) is 6.17. The maximum absolute atomic E-state index is 14.0. The molecule has 30 heavy (non-hydrogen) atoms. The van der Waals surface area contributed by atoms with E-state index in [1.165, 1.54) is 17.8 Å². The van der Waals surface area contributed by atoms with Crippen molar-refractivity contribution in [3.05, 3.63) is 70.0 Å². The second kappa shape index (κ2) is 12.0. The molecule has 2 amide bonds. The van der Waals surface area contributed by atoms with Crippen molar-refractivity contribution >= 4 is 35.2 Å². The van der Waals surface area contributed by atoms with E-state index in [2.05, 4.69) is 5.32 Å². The summed E-state index contributed by atoms with van der Waals surface area (Å²) in [5.74, 6) is -0.286. The van der Waals surface area contributed by atoms with Crippen molar-refractivity contribution < 1.29 is 14.0 Å². The van der Waals surface area contributed by atoms with Gasteiger partial charge >= 0.3 is 0 Å². The Balaban J connectivity index is 2.16. The zero-order valence-corrected chi connectivity index (χ0v) is 19.2. The van der Waals surface area contributed by atoms with E-state index in [1.807, 2.05) is 45.0 Å². The maximum atomic E-state index is 14.0. The van der Waals surface area contributed by atoms with Gasteiger partial charge in [0.25, 0.3) is 0 Å². The van der Waals surface area contributed by atoms with Gasteiger partial charge in [-0.3, -0.25) is 9.59 Å². The monoisotopic (exact) mass is 450 g/mol. The van der Waals surface area contributed by atoms with Crippen LogP contribution in [0.4, 0.5) is 4.39 Å². The average molecular weight is 451 g/mol. The quantitative estimate of drug-likeness (QED) is 0.556. The minimum Gasteiger partial charge on any atom is -0.355 e. The van der Waals surface area contributed by atoms with Crippen molar-refractivity contribution in [1.82, 2.24) is 10.2 Å². The summed E-state index contributed by atoms with van der Waals surface area (Å²) in [5, 5.41) is 3.17. The summed E-state index contributed by atoms with van der Waals surface area (Å²) in [6.45, 7) is 6.58. The third-order valence-electron chi connectivity index (χ3n) is 4.87. The molecule has 0 unspecified atom stereocenters. The van der Waals surface area contributed by atoms with Gasteiger partial charge in [-0.2, -0.15) is 0 Å². The van der Waals surface area contributed by atoms with E-state index in [-0.39, 0.29) is 29.1 Å². The number of nitrogens with one attached hydrogen (secondary N) is 1. The van der Waals surface area contributed by atoms with Crippen molar-refractivity contribution in [2.24, 2.45) is 0 Å². The van der Waals surface area contributed by atoms with Gasteiger partial charge in [0.1, 0.15) is 11.9 Å². The lowest BCUT2D eigenvalue weighted by Crippen LogP contribution is -2.49. The van der Waals surface area contributed by atoms with Crippen LogP contribution in [0.3, 0.4) is 0 Å². The van der Waals surface area contributed by atoms with Crippen LogP contribution < -0.4 is 5.32 Å². The number of likely N-dealkylation sites (N-methyl/N-ethyl adjacent to an activating group) is 1. The number of hydrogen-bond acceptors (Lipinski definition) is 3. The summed E-state index contributed by atoms with van der Waals surface area (Å²) in [5.41, 5.74) is 2.45. The van der Waals surface area contributed by atoms with Crippen LogP contribution in [0.1, 0.15) is 37.0 Å². The molecule has 0 aliphatic carbocycles. The van der Waals surface area contributed by atoms with Gasteiger partial charge in [-0.25, -0.2) is 4.39 Å². The fourth-order valence-electron chi connectivity index (χ4n) is 3.18. The first kappa shape index (κ1) is 24.2. The minimum atomic E-state index is -0.560. The van der Waals surface area contributed by atoms with Crippen LogP contribution in [0.2, 0.25) is 5.02 Å². The first-order valence-electron chi connectivity index (χ1n) is 10.0. The summed E-state index contributed by atoms with van der Waals surface area (Å²) in [6.07, 6.45) is 0.507. The molecule has 7 heteroatoms. The van der Waals surface area contributed by atoms with E-state index >= 15 is 0 Å². The second-order valence-corrected chi connectivity index (χ2v) is 8.35. The third kappa shape index (κ3) is 6.47. The number of aryl methyl sites for hydroxylation is 1. The summed E-state index contributed by atoms with van der Waals surface area (Å²) in [6, 6.07) is 11.8. The molecule has 162 valence electrons. The number of amides is 2. The molecule has 0 heterocycles. The van der Waals surface area contributed by atoms with Gasteiger partial charge in [-0.05, 0) is 43.5 Å². The number of carbonyl (C=O) groups is 2. The molecule has 2 aromatic carbocycles. The summed E-state index contributed by atoms with van der Waals surface area (Å²) in [7, 11) is 0. The van der Waals surface area contributed by atoms with E-state index < -0.39 is 6.04 Å². The Morgan fingerprint density at radius 2 is 1.90 bits per heavy atom. The molecule has 0 bridgehead atoms. The highest BCUT2D eigenvalue weighted by Gasteiger charge is 2.28. The van der Waals surface area contributed by atoms with Crippen molar-refractivity contribution in [3.8, 4) is 0 Å². The van der Waals surface area contributed by atoms with Crippen molar-refractivity contribution in [1.29, 1.82) is 0 Å². The summed E-state index contributed by atoms with van der Waals surface area (Å²) < 4.78 is 14.0. The lowest BCUT2D eigenvalue weighted by molar-refractivity contribution is -0.139. The first-order valence-corrected chi connectivity index (χ1v) is 11.5. The molecule has 1 atom stereocenters. The molecule has 0 fully saturated rings. The topological polar surface area (TPSA) is 49.4 Å². The molecule has 4 nitrogen and oxygen atoms in total. The summed E-state index contributed by atoms with van der Waals surface area (Å²) >= 11 is 7.37. The number of nitrogens with zero attached hydrogens (tertiary/aromatic N) is 1. The highest BCUT2D eigenvalue weighted by atomic mass is 35.5. The molecule has 0 aromatic heterocycles. The molecule has 2 rings (SSSR count). The Kier molecular flexibility index (Phi) is 9.66. The van der Waals surface area contributed by atoms with Crippen molar-refractivity contribution in [2.45, 2.75) is 45.5 Å². The second-order valence-electron chi connectivity index (χ2n) is 6.96. The zero-order valence-electron chi connectivity index (χ0n) is 17.6. The fourth-order valence-corrected chi connectivity index (χ4v) is 4.43. The predicted octanol–water partition coefficient (Wildman–Crippen LogP) is 4.96. The van der Waals surface area contributed by atoms with Gasteiger partial charge in [0.15, 0.2) is 0 Å². The van der Waals surface area contributed by atoms with Gasteiger partial charge in [0, 0.05) is 29.4 Å². The number of carbonyl (C=O) groups excluding carboxylic acids is 2. The molecular formula is C23H28ClFN2O2S. The fraction of sp³-hybridized carbons (Fsp3) is 0.391. The minimum absolute atomic E-state index is 0.131. The van der Waals surface area contributed by atoms with E-state index in [0.717, 1.165) is 11.1 Å². The van der Waals surface area contributed by atoms with Gasteiger partial charge in [-0.15, -0.1) is 11.8 Å². The molecule has 0 spiro atoms. The largest absolute Gasteiger partial charge is 0.355 e. The van der Waals surface area contributed by atoms with E-state index in [9.17, 15) is 14.0 Å². The Hall–Kier alpha value is -2.05. The Bertz CT molecular complexity index is 858. The lowest BCUT2D eigenvalue weighted by Gasteiger charge is -2.31.